The molecule has 1 N–H and O–H groups in total. The van der Waals surface area contributed by atoms with Crippen LogP contribution in [0, 0.1) is 0 Å². The van der Waals surface area contributed by atoms with Gasteiger partial charge in [0.1, 0.15) is 21.5 Å². The largest absolute Gasteiger partial charge is 0.464 e. The van der Waals surface area contributed by atoms with E-state index >= 15 is 0 Å². The van der Waals surface area contributed by atoms with E-state index in [0.717, 1.165) is 47.3 Å². The molecule has 1 aliphatic heterocycles. The smallest absolute Gasteiger partial charge is 0.318 e. The Morgan fingerprint density at radius 1 is 1.46 bits per heavy atom. The van der Waals surface area contributed by atoms with E-state index in [9.17, 15) is 4.79 Å². The lowest BCUT2D eigenvalue weighted by Crippen LogP contribution is -2.39. The number of nitrogens with one attached hydrogen (secondary N) is 1. The fourth-order valence-electron chi connectivity index (χ4n) is 2.89. The molecule has 2 amide bonds. The Balaban J connectivity index is 1.60. The Kier molecular flexibility index (Phi) is 5.18. The molecule has 0 spiro atoms. The summed E-state index contributed by atoms with van der Waals surface area (Å²) in [6, 6.07) is 3.96. The maximum atomic E-state index is 12.5. The van der Waals surface area contributed by atoms with Crippen LogP contribution in [0.15, 0.2) is 16.5 Å². The van der Waals surface area contributed by atoms with Crippen LogP contribution in [0.5, 0.6) is 0 Å². The maximum Gasteiger partial charge on any atom is 0.318 e. The van der Waals surface area contributed by atoms with E-state index in [1.165, 1.54) is 0 Å². The van der Waals surface area contributed by atoms with Gasteiger partial charge in [-0.15, -0.1) is 10.2 Å². The first-order chi connectivity index (χ1) is 11.6. The number of carbonyl (C=O) groups is 1. The van der Waals surface area contributed by atoms with Gasteiger partial charge in [-0.1, -0.05) is 32.1 Å². The summed E-state index contributed by atoms with van der Waals surface area (Å²) in [6.07, 6.45) is 2.81. The van der Waals surface area contributed by atoms with Gasteiger partial charge in [-0.2, -0.15) is 0 Å². The van der Waals surface area contributed by atoms with E-state index in [4.69, 9.17) is 4.42 Å². The van der Waals surface area contributed by atoms with Gasteiger partial charge >= 0.3 is 6.03 Å². The molecule has 6 nitrogen and oxygen atoms in total. The summed E-state index contributed by atoms with van der Waals surface area (Å²) in [4.78, 5) is 14.4. The van der Waals surface area contributed by atoms with E-state index in [1.807, 2.05) is 17.0 Å². The second-order valence-corrected chi connectivity index (χ2v) is 7.45. The van der Waals surface area contributed by atoms with Crippen LogP contribution < -0.4 is 5.32 Å². The van der Waals surface area contributed by atoms with E-state index < -0.39 is 0 Å². The van der Waals surface area contributed by atoms with Gasteiger partial charge < -0.3 is 14.6 Å². The average Bonchev–Trinajstić information content (AvgIpc) is 3.31. The van der Waals surface area contributed by atoms with Gasteiger partial charge in [-0.25, -0.2) is 4.79 Å². The van der Waals surface area contributed by atoms with E-state index in [1.54, 1.807) is 11.3 Å². The highest BCUT2D eigenvalue weighted by Gasteiger charge is 2.32. The molecule has 0 unspecified atom stereocenters. The molecule has 3 heterocycles. The molecule has 1 atom stereocenters. The summed E-state index contributed by atoms with van der Waals surface area (Å²) in [5.74, 6) is 2.21. The minimum Gasteiger partial charge on any atom is -0.464 e. The number of urea groups is 1. The summed E-state index contributed by atoms with van der Waals surface area (Å²) in [6.45, 7) is 7.42. The highest BCUT2D eigenvalue weighted by Crippen LogP contribution is 2.33. The number of nitrogens with zero attached hydrogens (tertiary/aromatic N) is 3. The van der Waals surface area contributed by atoms with Gasteiger partial charge in [0.05, 0.1) is 12.6 Å². The Morgan fingerprint density at radius 3 is 2.96 bits per heavy atom. The molecular formula is C17H24N4O2S. The molecule has 0 radical (unpaired) electrons. The Hall–Kier alpha value is -1.89. The van der Waals surface area contributed by atoms with Crippen molar-refractivity contribution in [3.05, 3.63) is 33.7 Å². The van der Waals surface area contributed by atoms with Crippen LogP contribution in [0.25, 0.3) is 0 Å². The second kappa shape index (κ2) is 7.34. The number of furan rings is 1. The monoisotopic (exact) mass is 348 g/mol. The SMILES string of the molecule is CCc1ccc([C@H]2CCCN2C(=O)NCc2nnc(C(C)C)s2)o1. The van der Waals surface area contributed by atoms with Gasteiger partial charge in [0, 0.05) is 18.9 Å². The summed E-state index contributed by atoms with van der Waals surface area (Å²) in [5.41, 5.74) is 0. The van der Waals surface area contributed by atoms with Crippen LogP contribution in [0.1, 0.15) is 67.1 Å². The minimum atomic E-state index is -0.0618. The fourth-order valence-corrected chi connectivity index (χ4v) is 3.68. The quantitative estimate of drug-likeness (QED) is 0.890. The zero-order valence-electron chi connectivity index (χ0n) is 14.4. The lowest BCUT2D eigenvalue weighted by molar-refractivity contribution is 0.185. The van der Waals surface area contributed by atoms with E-state index in [2.05, 4.69) is 36.3 Å². The molecule has 0 saturated carbocycles. The Bertz CT molecular complexity index is 694. The van der Waals surface area contributed by atoms with Crippen LogP contribution in [0.4, 0.5) is 4.79 Å². The normalized spacial score (nSPS) is 17.7. The molecule has 1 saturated heterocycles. The molecule has 0 aliphatic carbocycles. The number of rotatable bonds is 5. The third kappa shape index (κ3) is 3.61. The number of hydrogen-bond acceptors (Lipinski definition) is 5. The van der Waals surface area contributed by atoms with Crippen molar-refractivity contribution in [3.63, 3.8) is 0 Å². The highest BCUT2D eigenvalue weighted by molar-refractivity contribution is 7.11. The van der Waals surface area contributed by atoms with Crippen molar-refractivity contribution in [2.45, 2.75) is 58.5 Å². The average molecular weight is 348 g/mol. The maximum absolute atomic E-state index is 12.5. The number of aromatic nitrogens is 2. The first-order valence-corrected chi connectivity index (χ1v) is 9.35. The first kappa shape index (κ1) is 17.0. The summed E-state index contributed by atoms with van der Waals surface area (Å²) in [7, 11) is 0. The zero-order chi connectivity index (χ0) is 17.1. The van der Waals surface area contributed by atoms with Gasteiger partial charge in [-0.3, -0.25) is 0 Å². The molecule has 2 aromatic rings. The number of aryl methyl sites for hydroxylation is 1. The first-order valence-electron chi connectivity index (χ1n) is 8.53. The minimum absolute atomic E-state index is 0.0333. The molecule has 130 valence electrons. The van der Waals surface area contributed by atoms with Crippen molar-refractivity contribution in [1.82, 2.24) is 20.4 Å². The molecule has 24 heavy (non-hydrogen) atoms. The lowest BCUT2D eigenvalue weighted by atomic mass is 10.2. The summed E-state index contributed by atoms with van der Waals surface area (Å²) in [5, 5.41) is 13.1. The second-order valence-electron chi connectivity index (χ2n) is 6.36. The zero-order valence-corrected chi connectivity index (χ0v) is 15.2. The topological polar surface area (TPSA) is 71.3 Å². The number of amides is 2. The van der Waals surface area contributed by atoms with Crippen molar-refractivity contribution >= 4 is 17.4 Å². The molecule has 3 rings (SSSR count). The van der Waals surface area contributed by atoms with Crippen molar-refractivity contribution in [2.75, 3.05) is 6.54 Å². The molecule has 2 aromatic heterocycles. The molecule has 1 fully saturated rings. The van der Waals surface area contributed by atoms with Crippen molar-refractivity contribution in [2.24, 2.45) is 0 Å². The third-order valence-electron chi connectivity index (χ3n) is 4.24. The van der Waals surface area contributed by atoms with Crippen LogP contribution >= 0.6 is 11.3 Å². The summed E-state index contributed by atoms with van der Waals surface area (Å²) < 4.78 is 5.85. The number of likely N-dealkylation sites (tertiary alicyclic amines) is 1. The van der Waals surface area contributed by atoms with Gasteiger partial charge in [0.25, 0.3) is 0 Å². The van der Waals surface area contributed by atoms with Gasteiger partial charge in [0.2, 0.25) is 0 Å². The van der Waals surface area contributed by atoms with Crippen molar-refractivity contribution in [1.29, 1.82) is 0 Å². The van der Waals surface area contributed by atoms with Crippen LogP contribution in [-0.4, -0.2) is 27.7 Å². The van der Waals surface area contributed by atoms with Crippen LogP contribution in [0.2, 0.25) is 0 Å². The number of carbonyl (C=O) groups excluding carboxylic acids is 1. The standard InChI is InChI=1S/C17H24N4O2S/c1-4-12-7-8-14(23-12)13-6-5-9-21(13)17(22)18-10-15-19-20-16(24-15)11(2)3/h7-8,11,13H,4-6,9-10H2,1-3H3,(H,18,22)/t13-/m1/s1. The Morgan fingerprint density at radius 2 is 2.29 bits per heavy atom. The van der Waals surface area contributed by atoms with Gasteiger partial charge in [-0.05, 0) is 25.0 Å². The van der Waals surface area contributed by atoms with Crippen LogP contribution in [0.3, 0.4) is 0 Å². The molecule has 1 aliphatic rings. The third-order valence-corrected chi connectivity index (χ3v) is 5.46. The predicted molar refractivity (Wildman–Crippen MR) is 93.0 cm³/mol. The van der Waals surface area contributed by atoms with E-state index in [-0.39, 0.29) is 12.1 Å². The van der Waals surface area contributed by atoms with Crippen molar-refractivity contribution in [3.8, 4) is 0 Å². The fraction of sp³-hybridized carbons (Fsp3) is 0.588. The molecular weight excluding hydrogens is 324 g/mol. The predicted octanol–water partition coefficient (Wildman–Crippen LogP) is 3.86. The van der Waals surface area contributed by atoms with Crippen molar-refractivity contribution < 1.29 is 9.21 Å². The number of hydrogen-bond donors (Lipinski definition) is 1. The highest BCUT2D eigenvalue weighted by atomic mass is 32.1. The van der Waals surface area contributed by atoms with E-state index in [0.29, 0.717) is 12.5 Å². The molecule has 0 bridgehead atoms. The Labute approximate surface area is 146 Å². The summed E-state index contributed by atoms with van der Waals surface area (Å²) >= 11 is 1.56. The molecule has 7 heteroatoms. The van der Waals surface area contributed by atoms with Crippen LogP contribution in [-0.2, 0) is 13.0 Å². The molecule has 0 aromatic carbocycles. The van der Waals surface area contributed by atoms with Gasteiger partial charge in [0.15, 0.2) is 0 Å². The lowest BCUT2D eigenvalue weighted by Gasteiger charge is -2.23.